The van der Waals surface area contributed by atoms with E-state index < -0.39 is 11.8 Å². The number of rotatable bonds is 6. The molecule has 0 aliphatic carbocycles. The Kier molecular flexibility index (Phi) is 6.32. The molecule has 6 nitrogen and oxygen atoms in total. The van der Waals surface area contributed by atoms with Gasteiger partial charge in [-0.3, -0.25) is 14.4 Å². The van der Waals surface area contributed by atoms with Crippen LogP contribution in [0.15, 0.2) is 48.5 Å². The van der Waals surface area contributed by atoms with Crippen LogP contribution in [-0.2, 0) is 16.1 Å². The smallest absolute Gasteiger partial charge is 0.312 e. The largest absolute Gasteiger partial charge is 0.333 e. The Morgan fingerprint density at radius 1 is 0.931 bits per heavy atom. The van der Waals surface area contributed by atoms with Gasteiger partial charge in [-0.05, 0) is 48.2 Å². The molecule has 1 heterocycles. The van der Waals surface area contributed by atoms with Gasteiger partial charge in [0.05, 0.1) is 0 Å². The molecule has 3 rings (SSSR count). The monoisotopic (exact) mass is 393 g/mol. The third-order valence-electron chi connectivity index (χ3n) is 5.20. The van der Waals surface area contributed by atoms with Crippen molar-refractivity contribution in [2.75, 3.05) is 25.0 Å². The minimum atomic E-state index is -0.468. The van der Waals surface area contributed by atoms with Crippen molar-refractivity contribution in [2.45, 2.75) is 33.2 Å². The van der Waals surface area contributed by atoms with Crippen LogP contribution in [0, 0.1) is 0 Å². The van der Waals surface area contributed by atoms with Gasteiger partial charge < -0.3 is 15.1 Å². The average Bonchev–Trinajstić information content (AvgIpc) is 2.72. The van der Waals surface area contributed by atoms with E-state index in [1.807, 2.05) is 43.3 Å². The average molecular weight is 393 g/mol. The zero-order chi connectivity index (χ0) is 21.0. The van der Waals surface area contributed by atoms with E-state index in [0.29, 0.717) is 37.7 Å². The molecule has 2 aromatic rings. The van der Waals surface area contributed by atoms with Crippen LogP contribution in [0.25, 0.3) is 0 Å². The number of carbonyl (C=O) groups excluding carboxylic acids is 3. The van der Waals surface area contributed by atoms with Gasteiger partial charge in [-0.1, -0.05) is 38.1 Å². The van der Waals surface area contributed by atoms with Crippen molar-refractivity contribution in [1.29, 1.82) is 0 Å². The first-order valence-corrected chi connectivity index (χ1v) is 9.97. The van der Waals surface area contributed by atoms with E-state index in [2.05, 4.69) is 19.2 Å². The summed E-state index contributed by atoms with van der Waals surface area (Å²) in [6.45, 7) is 8.10. The number of likely N-dealkylation sites (N-methyl/N-ethyl adjacent to an activating group) is 1. The number of nitrogens with zero attached hydrogens (tertiary/aromatic N) is 2. The topological polar surface area (TPSA) is 69.7 Å². The molecular formula is C23H27N3O3. The standard InChI is InChI=1S/C23H27N3O3/c1-4-25-13-14-26(23(29)22(25)28)15-17-5-7-19(8-6-17)21(27)24-20-11-9-18(10-12-20)16(2)3/h5-12,16H,4,13-15H2,1-3H3,(H,24,27). The number of amides is 3. The fourth-order valence-electron chi connectivity index (χ4n) is 3.30. The van der Waals surface area contributed by atoms with Gasteiger partial charge in [0.1, 0.15) is 0 Å². The van der Waals surface area contributed by atoms with Crippen molar-refractivity contribution in [3.63, 3.8) is 0 Å². The first-order chi connectivity index (χ1) is 13.9. The van der Waals surface area contributed by atoms with Crippen LogP contribution in [0.3, 0.4) is 0 Å². The minimum Gasteiger partial charge on any atom is -0.333 e. The lowest BCUT2D eigenvalue weighted by Crippen LogP contribution is -2.53. The van der Waals surface area contributed by atoms with Gasteiger partial charge in [0.25, 0.3) is 5.91 Å². The predicted octanol–water partition coefficient (Wildman–Crippen LogP) is 3.25. The Bertz CT molecular complexity index is 889. The maximum Gasteiger partial charge on any atom is 0.312 e. The van der Waals surface area contributed by atoms with Gasteiger partial charge in [-0.15, -0.1) is 0 Å². The highest BCUT2D eigenvalue weighted by Gasteiger charge is 2.31. The van der Waals surface area contributed by atoms with Crippen molar-refractivity contribution in [2.24, 2.45) is 0 Å². The van der Waals surface area contributed by atoms with Crippen molar-refractivity contribution in [1.82, 2.24) is 9.80 Å². The van der Waals surface area contributed by atoms with Crippen molar-refractivity contribution < 1.29 is 14.4 Å². The van der Waals surface area contributed by atoms with Gasteiger partial charge in [-0.2, -0.15) is 0 Å². The van der Waals surface area contributed by atoms with Crippen LogP contribution in [0.2, 0.25) is 0 Å². The van der Waals surface area contributed by atoms with Crippen LogP contribution in [0.1, 0.15) is 48.2 Å². The first-order valence-electron chi connectivity index (χ1n) is 9.97. The van der Waals surface area contributed by atoms with Gasteiger partial charge >= 0.3 is 11.8 Å². The number of carbonyl (C=O) groups is 3. The molecule has 1 saturated heterocycles. The molecule has 6 heteroatoms. The molecule has 0 saturated carbocycles. The highest BCUT2D eigenvalue weighted by Crippen LogP contribution is 2.18. The first kappa shape index (κ1) is 20.6. The maximum atomic E-state index is 12.5. The summed E-state index contributed by atoms with van der Waals surface area (Å²) in [5.41, 5.74) is 3.40. The second-order valence-electron chi connectivity index (χ2n) is 7.54. The third kappa shape index (κ3) is 4.83. The molecule has 1 aliphatic heterocycles. The molecule has 3 amide bonds. The van der Waals surface area contributed by atoms with E-state index >= 15 is 0 Å². The van der Waals surface area contributed by atoms with E-state index in [9.17, 15) is 14.4 Å². The number of hydrogen-bond donors (Lipinski definition) is 1. The summed E-state index contributed by atoms with van der Waals surface area (Å²) in [6.07, 6.45) is 0. The lowest BCUT2D eigenvalue weighted by Gasteiger charge is -2.33. The quantitative estimate of drug-likeness (QED) is 0.766. The molecule has 0 unspecified atom stereocenters. The van der Waals surface area contributed by atoms with Crippen molar-refractivity contribution >= 4 is 23.4 Å². The molecule has 0 spiro atoms. The van der Waals surface area contributed by atoms with E-state index in [4.69, 9.17) is 0 Å². The highest BCUT2D eigenvalue weighted by atomic mass is 16.2. The van der Waals surface area contributed by atoms with E-state index in [1.165, 1.54) is 5.56 Å². The van der Waals surface area contributed by atoms with Crippen molar-refractivity contribution in [3.05, 3.63) is 65.2 Å². The molecule has 1 N–H and O–H groups in total. The fraction of sp³-hybridized carbons (Fsp3) is 0.348. The number of benzene rings is 2. The molecule has 2 aromatic carbocycles. The summed E-state index contributed by atoms with van der Waals surface area (Å²) in [5, 5.41) is 2.90. The predicted molar refractivity (Wildman–Crippen MR) is 113 cm³/mol. The lowest BCUT2D eigenvalue weighted by molar-refractivity contribution is -0.156. The lowest BCUT2D eigenvalue weighted by atomic mass is 10.0. The SMILES string of the molecule is CCN1CCN(Cc2ccc(C(=O)Nc3ccc(C(C)C)cc3)cc2)C(=O)C1=O. The normalized spacial score (nSPS) is 14.5. The van der Waals surface area contributed by atoms with E-state index in [1.54, 1.807) is 21.9 Å². The Balaban J connectivity index is 1.60. The number of piperazine rings is 1. The summed E-state index contributed by atoms with van der Waals surface area (Å²) in [7, 11) is 0. The van der Waals surface area contributed by atoms with Gasteiger partial charge in [-0.25, -0.2) is 0 Å². The second kappa shape index (κ2) is 8.90. The van der Waals surface area contributed by atoms with Crippen molar-refractivity contribution in [3.8, 4) is 0 Å². The molecule has 152 valence electrons. The number of hydrogen-bond acceptors (Lipinski definition) is 3. The van der Waals surface area contributed by atoms with Crippen LogP contribution >= 0.6 is 0 Å². The zero-order valence-electron chi connectivity index (χ0n) is 17.1. The number of nitrogens with one attached hydrogen (secondary N) is 1. The van der Waals surface area contributed by atoms with Crippen LogP contribution in [0.5, 0.6) is 0 Å². The van der Waals surface area contributed by atoms with E-state index in [0.717, 1.165) is 11.3 Å². The molecule has 0 aromatic heterocycles. The minimum absolute atomic E-state index is 0.184. The van der Waals surface area contributed by atoms with Gasteiger partial charge in [0, 0.05) is 37.4 Å². The molecule has 1 fully saturated rings. The summed E-state index contributed by atoms with van der Waals surface area (Å²) in [4.78, 5) is 39.8. The highest BCUT2D eigenvalue weighted by molar-refractivity contribution is 6.35. The van der Waals surface area contributed by atoms with Crippen LogP contribution in [-0.4, -0.2) is 47.2 Å². The number of anilines is 1. The Morgan fingerprint density at radius 2 is 1.52 bits per heavy atom. The van der Waals surface area contributed by atoms with E-state index in [-0.39, 0.29) is 5.91 Å². The van der Waals surface area contributed by atoms with Crippen LogP contribution < -0.4 is 5.32 Å². The third-order valence-corrected chi connectivity index (χ3v) is 5.20. The second-order valence-corrected chi connectivity index (χ2v) is 7.54. The summed E-state index contributed by atoms with van der Waals surface area (Å²) >= 11 is 0. The summed E-state index contributed by atoms with van der Waals surface area (Å²) < 4.78 is 0. The summed E-state index contributed by atoms with van der Waals surface area (Å²) in [6, 6.07) is 14.9. The molecule has 0 radical (unpaired) electrons. The Morgan fingerprint density at radius 3 is 2.10 bits per heavy atom. The molecular weight excluding hydrogens is 366 g/mol. The Hall–Kier alpha value is -3.15. The van der Waals surface area contributed by atoms with Gasteiger partial charge in [0.2, 0.25) is 0 Å². The Labute approximate surface area is 171 Å². The molecule has 0 atom stereocenters. The van der Waals surface area contributed by atoms with Crippen LogP contribution in [0.4, 0.5) is 5.69 Å². The van der Waals surface area contributed by atoms with Gasteiger partial charge in [0.15, 0.2) is 0 Å². The molecule has 0 bridgehead atoms. The fourth-order valence-corrected chi connectivity index (χ4v) is 3.30. The summed E-state index contributed by atoms with van der Waals surface area (Å²) in [5.74, 6) is -0.654. The zero-order valence-corrected chi connectivity index (χ0v) is 17.1. The maximum absolute atomic E-state index is 12.5. The molecule has 29 heavy (non-hydrogen) atoms. The molecule has 1 aliphatic rings.